The van der Waals surface area contributed by atoms with E-state index in [0.717, 1.165) is 16.8 Å². The van der Waals surface area contributed by atoms with Crippen molar-refractivity contribution in [3.05, 3.63) is 59.7 Å². The van der Waals surface area contributed by atoms with Crippen LogP contribution in [0.5, 0.6) is 5.75 Å². The summed E-state index contributed by atoms with van der Waals surface area (Å²) in [5.41, 5.74) is 5.47. The average Bonchev–Trinajstić information content (AvgIpc) is 2.97. The number of hydrazone groups is 1. The molecular weight excluding hydrogens is 284 g/mol. The number of hydrogen-bond donors (Lipinski definition) is 2. The molecule has 21 heavy (non-hydrogen) atoms. The number of nitrogens with one attached hydrogen (secondary N) is 1. The minimum atomic E-state index is 0.226. The summed E-state index contributed by atoms with van der Waals surface area (Å²) in [5.74, 6) is 0.226. The third-order valence-corrected chi connectivity index (χ3v) is 3.45. The van der Waals surface area contributed by atoms with E-state index in [4.69, 9.17) is 0 Å². The highest BCUT2D eigenvalue weighted by atomic mass is 32.1. The van der Waals surface area contributed by atoms with E-state index in [-0.39, 0.29) is 5.75 Å². The molecule has 0 aliphatic heterocycles. The summed E-state index contributed by atoms with van der Waals surface area (Å²) < 4.78 is 0. The molecule has 2 aromatic heterocycles. The van der Waals surface area contributed by atoms with Crippen LogP contribution >= 0.6 is 11.3 Å². The summed E-state index contributed by atoms with van der Waals surface area (Å²) in [5, 5.41) is 16.2. The van der Waals surface area contributed by atoms with Crippen molar-refractivity contribution in [2.75, 3.05) is 5.43 Å². The van der Waals surface area contributed by atoms with Gasteiger partial charge in [-0.3, -0.25) is 10.4 Å². The van der Waals surface area contributed by atoms with Crippen LogP contribution in [0.2, 0.25) is 0 Å². The van der Waals surface area contributed by atoms with Crippen LogP contribution in [0.15, 0.2) is 59.3 Å². The topological polar surface area (TPSA) is 70.4 Å². The van der Waals surface area contributed by atoms with E-state index in [0.29, 0.717) is 5.13 Å². The van der Waals surface area contributed by atoms with Gasteiger partial charge < -0.3 is 5.11 Å². The first kappa shape index (κ1) is 13.3. The molecule has 0 radical (unpaired) electrons. The number of rotatable bonds is 4. The summed E-state index contributed by atoms with van der Waals surface area (Å²) in [6, 6.07) is 10.8. The average molecular weight is 296 g/mol. The highest BCUT2D eigenvalue weighted by molar-refractivity contribution is 7.14. The maximum atomic E-state index is 9.48. The van der Waals surface area contributed by atoms with Crippen molar-refractivity contribution in [1.82, 2.24) is 9.97 Å². The number of phenols is 1. The number of hydrogen-bond acceptors (Lipinski definition) is 6. The third kappa shape index (κ3) is 3.43. The first-order valence-electron chi connectivity index (χ1n) is 6.25. The number of thiazole rings is 1. The SMILES string of the molecule is Oc1cccc(-c2csc(N/N=C/c3cccnc3)n2)c1. The number of benzene rings is 1. The van der Waals surface area contributed by atoms with Crippen LogP contribution < -0.4 is 5.43 Å². The Hall–Kier alpha value is -2.73. The lowest BCUT2D eigenvalue weighted by Crippen LogP contribution is -1.90. The number of phenolic OH excluding ortho intramolecular Hbond substituents is 1. The molecular formula is C15H12N4OS. The van der Waals surface area contributed by atoms with E-state index in [2.05, 4.69) is 20.5 Å². The molecule has 0 saturated heterocycles. The molecule has 3 aromatic rings. The van der Waals surface area contributed by atoms with Crippen LogP contribution in [0.3, 0.4) is 0 Å². The van der Waals surface area contributed by atoms with Crippen molar-refractivity contribution in [2.24, 2.45) is 5.10 Å². The van der Waals surface area contributed by atoms with E-state index in [1.54, 1.807) is 36.8 Å². The quantitative estimate of drug-likeness (QED) is 0.572. The van der Waals surface area contributed by atoms with Crippen molar-refractivity contribution in [3.8, 4) is 17.0 Å². The maximum absolute atomic E-state index is 9.48. The van der Waals surface area contributed by atoms with E-state index in [9.17, 15) is 5.11 Å². The molecule has 0 fully saturated rings. The fraction of sp³-hybridized carbons (Fsp3) is 0. The van der Waals surface area contributed by atoms with Gasteiger partial charge >= 0.3 is 0 Å². The molecule has 3 rings (SSSR count). The standard InChI is InChI=1S/C15H12N4OS/c20-13-5-1-4-12(7-13)14-10-21-15(18-14)19-17-9-11-3-2-6-16-8-11/h1-10,20H,(H,18,19)/b17-9+. The molecule has 1 aromatic carbocycles. The van der Waals surface area contributed by atoms with Crippen molar-refractivity contribution >= 4 is 22.7 Å². The monoisotopic (exact) mass is 296 g/mol. The zero-order valence-corrected chi connectivity index (χ0v) is 11.8. The normalized spacial score (nSPS) is 10.9. The van der Waals surface area contributed by atoms with Crippen molar-refractivity contribution in [1.29, 1.82) is 0 Å². The van der Waals surface area contributed by atoms with Gasteiger partial charge in [0.25, 0.3) is 0 Å². The number of aromatic hydroxyl groups is 1. The molecule has 0 aliphatic rings. The Morgan fingerprint density at radius 1 is 1.24 bits per heavy atom. The van der Waals surface area contributed by atoms with Crippen LogP contribution in [0, 0.1) is 0 Å². The van der Waals surface area contributed by atoms with Crippen LogP contribution in [0.4, 0.5) is 5.13 Å². The predicted molar refractivity (Wildman–Crippen MR) is 84.7 cm³/mol. The molecule has 0 spiro atoms. The summed E-state index contributed by atoms with van der Waals surface area (Å²) in [4.78, 5) is 8.43. The number of aromatic nitrogens is 2. The molecule has 0 atom stereocenters. The van der Waals surface area contributed by atoms with Gasteiger partial charge in [-0.1, -0.05) is 18.2 Å². The molecule has 6 heteroatoms. The Balaban J connectivity index is 1.70. The number of anilines is 1. The van der Waals surface area contributed by atoms with Crippen molar-refractivity contribution < 1.29 is 5.11 Å². The zero-order valence-electron chi connectivity index (χ0n) is 11.0. The summed E-state index contributed by atoms with van der Waals surface area (Å²) in [7, 11) is 0. The van der Waals surface area contributed by atoms with Gasteiger partial charge in [0.15, 0.2) is 0 Å². The molecule has 0 amide bonds. The minimum absolute atomic E-state index is 0.226. The third-order valence-electron chi connectivity index (χ3n) is 2.70. The Kier molecular flexibility index (Phi) is 3.88. The van der Waals surface area contributed by atoms with Gasteiger partial charge in [-0.2, -0.15) is 5.10 Å². The van der Waals surface area contributed by atoms with Crippen LogP contribution in [-0.4, -0.2) is 21.3 Å². The van der Waals surface area contributed by atoms with Gasteiger partial charge in [0.2, 0.25) is 5.13 Å². The molecule has 2 N–H and O–H groups in total. The Morgan fingerprint density at radius 2 is 2.19 bits per heavy atom. The van der Waals surface area contributed by atoms with E-state index < -0.39 is 0 Å². The van der Waals surface area contributed by atoms with Crippen molar-refractivity contribution in [2.45, 2.75) is 0 Å². The summed E-state index contributed by atoms with van der Waals surface area (Å²) in [6.45, 7) is 0. The van der Waals surface area contributed by atoms with Crippen LogP contribution in [-0.2, 0) is 0 Å². The lowest BCUT2D eigenvalue weighted by atomic mass is 10.2. The van der Waals surface area contributed by atoms with Crippen molar-refractivity contribution in [3.63, 3.8) is 0 Å². The largest absolute Gasteiger partial charge is 0.508 e. The second-order valence-corrected chi connectivity index (χ2v) is 5.10. The second kappa shape index (κ2) is 6.15. The molecule has 5 nitrogen and oxygen atoms in total. The minimum Gasteiger partial charge on any atom is -0.508 e. The van der Waals surface area contributed by atoms with Crippen LogP contribution in [0.1, 0.15) is 5.56 Å². The molecule has 104 valence electrons. The van der Waals surface area contributed by atoms with Gasteiger partial charge in [0.1, 0.15) is 5.75 Å². The Morgan fingerprint density at radius 3 is 3.00 bits per heavy atom. The van der Waals surface area contributed by atoms with Gasteiger partial charge in [-0.05, 0) is 18.2 Å². The van der Waals surface area contributed by atoms with Gasteiger partial charge in [0.05, 0.1) is 11.9 Å². The fourth-order valence-electron chi connectivity index (χ4n) is 1.74. The highest BCUT2D eigenvalue weighted by Crippen LogP contribution is 2.26. The molecule has 0 aliphatic carbocycles. The number of nitrogens with zero attached hydrogens (tertiary/aromatic N) is 3. The first-order valence-corrected chi connectivity index (χ1v) is 7.13. The van der Waals surface area contributed by atoms with E-state index in [1.807, 2.05) is 23.6 Å². The van der Waals surface area contributed by atoms with E-state index in [1.165, 1.54) is 11.3 Å². The lowest BCUT2D eigenvalue weighted by molar-refractivity contribution is 0.475. The zero-order chi connectivity index (χ0) is 14.5. The van der Waals surface area contributed by atoms with E-state index >= 15 is 0 Å². The first-order chi connectivity index (χ1) is 10.3. The lowest BCUT2D eigenvalue weighted by Gasteiger charge is -1.97. The summed E-state index contributed by atoms with van der Waals surface area (Å²) in [6.07, 6.45) is 5.13. The van der Waals surface area contributed by atoms with Gasteiger partial charge in [0, 0.05) is 28.9 Å². The van der Waals surface area contributed by atoms with Gasteiger partial charge in [-0.15, -0.1) is 11.3 Å². The van der Waals surface area contributed by atoms with Crippen LogP contribution in [0.25, 0.3) is 11.3 Å². The fourth-order valence-corrected chi connectivity index (χ4v) is 2.41. The molecule has 0 saturated carbocycles. The maximum Gasteiger partial charge on any atom is 0.203 e. The molecule has 0 unspecified atom stereocenters. The molecule has 0 bridgehead atoms. The smallest absolute Gasteiger partial charge is 0.203 e. The Bertz CT molecular complexity index is 755. The molecule has 2 heterocycles. The summed E-state index contributed by atoms with van der Waals surface area (Å²) >= 11 is 1.45. The highest BCUT2D eigenvalue weighted by Gasteiger charge is 2.04. The number of pyridine rings is 1. The Labute approximate surface area is 125 Å². The predicted octanol–water partition coefficient (Wildman–Crippen LogP) is 3.36. The second-order valence-electron chi connectivity index (χ2n) is 4.24. The van der Waals surface area contributed by atoms with Gasteiger partial charge in [-0.25, -0.2) is 4.98 Å².